The first kappa shape index (κ1) is 34.2. The monoisotopic (exact) mass is 704 g/mol. The van der Waals surface area contributed by atoms with Crippen LogP contribution in [0.15, 0.2) is 114 Å². The number of nitro groups is 1. The number of halogens is 1. The van der Waals surface area contributed by atoms with Gasteiger partial charge in [0.1, 0.15) is 18.1 Å². The summed E-state index contributed by atoms with van der Waals surface area (Å²) in [7, 11) is -1.19. The third kappa shape index (κ3) is 7.05. The number of para-hydroxylation sites is 1. The number of rotatable bonds is 10. The normalized spacial score (nSPS) is 21.8. The van der Waals surface area contributed by atoms with Crippen molar-refractivity contribution in [3.63, 3.8) is 0 Å². The van der Waals surface area contributed by atoms with E-state index in [1.165, 1.54) is 30.3 Å². The predicted molar refractivity (Wildman–Crippen MR) is 194 cm³/mol. The van der Waals surface area contributed by atoms with E-state index in [0.29, 0.717) is 23.6 Å². The van der Waals surface area contributed by atoms with Crippen LogP contribution in [0.1, 0.15) is 30.4 Å². The molecular weight excluding hydrogens is 671 g/mol. The van der Waals surface area contributed by atoms with Crippen LogP contribution in [-0.2, 0) is 14.2 Å². The van der Waals surface area contributed by atoms with Crippen molar-refractivity contribution in [3.8, 4) is 11.5 Å². The minimum atomic E-state index is -1.19. The molecule has 3 aliphatic rings. The highest BCUT2D eigenvalue weighted by atomic mass is 35.5. The fourth-order valence-corrected chi connectivity index (χ4v) is 7.87. The van der Waals surface area contributed by atoms with Crippen LogP contribution >= 0.6 is 11.6 Å². The molecule has 4 atom stereocenters. The molecule has 4 aromatic carbocycles. The highest BCUT2D eigenvalue weighted by molar-refractivity contribution is 6.43. The number of non-ortho nitro benzene ring substituents is 1. The van der Waals surface area contributed by atoms with Gasteiger partial charge in [0.2, 0.25) is 11.8 Å². The van der Waals surface area contributed by atoms with Crippen LogP contribution in [0.4, 0.5) is 11.4 Å². The molecule has 258 valence electrons. The van der Waals surface area contributed by atoms with E-state index in [4.69, 9.17) is 21.0 Å². The summed E-state index contributed by atoms with van der Waals surface area (Å²) in [6.45, 7) is 0.151. The molecule has 12 heteroatoms. The van der Waals surface area contributed by atoms with Crippen LogP contribution in [0.3, 0.4) is 0 Å². The summed E-state index contributed by atoms with van der Waals surface area (Å²) in [5.74, 6) is -2.22. The zero-order valence-electron chi connectivity index (χ0n) is 27.4. The van der Waals surface area contributed by atoms with Crippen molar-refractivity contribution in [2.24, 2.45) is 17.8 Å². The number of carbonyl (C=O) groups is 2. The molecular formula is C39H34BClN2O8. The molecule has 2 N–H and O–H groups in total. The number of benzene rings is 4. The number of hydrogen-bond acceptors (Lipinski definition) is 8. The SMILES string of the molecule is O=C1[C@@H]2[C@@H](CC(COc3ccccc3)=C3[C@@H](CC/C(=C/c4ccc(O)cc4Cl)c4ccccc4)OB(O)C[C@@H]32)C(=O)N1c1cccc([N+](=O)[O-])c1. The highest BCUT2D eigenvalue weighted by Crippen LogP contribution is 2.51. The fraction of sp³-hybridized carbons (Fsp3) is 0.231. The fourth-order valence-electron chi connectivity index (χ4n) is 7.64. The lowest BCUT2D eigenvalue weighted by molar-refractivity contribution is -0.384. The first-order valence-corrected chi connectivity index (χ1v) is 17.2. The highest BCUT2D eigenvalue weighted by Gasteiger charge is 2.57. The van der Waals surface area contributed by atoms with Crippen LogP contribution in [0.25, 0.3) is 11.6 Å². The number of nitro benzene ring substituents is 1. The lowest BCUT2D eigenvalue weighted by Gasteiger charge is -2.43. The number of phenolic OH excluding ortho intramolecular Hbond substituents is 1. The summed E-state index contributed by atoms with van der Waals surface area (Å²) >= 11 is 6.50. The van der Waals surface area contributed by atoms with Gasteiger partial charge in [0.15, 0.2) is 0 Å². The van der Waals surface area contributed by atoms with E-state index >= 15 is 0 Å². The second-order valence-electron chi connectivity index (χ2n) is 13.0. The Morgan fingerprint density at radius 3 is 2.45 bits per heavy atom. The minimum Gasteiger partial charge on any atom is -0.508 e. The number of aromatic hydroxyl groups is 1. The van der Waals surface area contributed by atoms with Crippen molar-refractivity contribution in [2.45, 2.75) is 31.7 Å². The van der Waals surface area contributed by atoms with Gasteiger partial charge in [-0.2, -0.15) is 0 Å². The number of amides is 2. The van der Waals surface area contributed by atoms with E-state index in [2.05, 4.69) is 0 Å². The van der Waals surface area contributed by atoms with Crippen molar-refractivity contribution >= 4 is 53.6 Å². The molecule has 1 aliphatic carbocycles. The van der Waals surface area contributed by atoms with Crippen LogP contribution in [0.2, 0.25) is 11.3 Å². The summed E-state index contributed by atoms with van der Waals surface area (Å²) in [4.78, 5) is 40.3. The molecule has 2 aliphatic heterocycles. The topological polar surface area (TPSA) is 139 Å². The van der Waals surface area contributed by atoms with E-state index in [-0.39, 0.29) is 36.5 Å². The van der Waals surface area contributed by atoms with Crippen molar-refractivity contribution < 1.29 is 34.0 Å². The molecule has 2 fully saturated rings. The minimum absolute atomic E-state index is 0.0610. The van der Waals surface area contributed by atoms with Gasteiger partial charge in [-0.3, -0.25) is 19.7 Å². The Balaban J connectivity index is 1.25. The number of ether oxygens (including phenoxy) is 1. The first-order chi connectivity index (χ1) is 24.7. The van der Waals surface area contributed by atoms with E-state index in [1.54, 1.807) is 12.1 Å². The van der Waals surface area contributed by atoms with Gasteiger partial charge in [-0.1, -0.05) is 66.2 Å². The van der Waals surface area contributed by atoms with E-state index in [0.717, 1.165) is 32.7 Å². The van der Waals surface area contributed by atoms with Gasteiger partial charge in [0.25, 0.3) is 5.69 Å². The molecule has 4 aromatic rings. The third-order valence-electron chi connectivity index (χ3n) is 9.90. The Bertz CT molecular complexity index is 2040. The second-order valence-corrected chi connectivity index (χ2v) is 13.4. The molecule has 0 spiro atoms. The average Bonchev–Trinajstić information content (AvgIpc) is 3.39. The summed E-state index contributed by atoms with van der Waals surface area (Å²) < 4.78 is 12.5. The van der Waals surface area contributed by atoms with Crippen LogP contribution < -0.4 is 9.64 Å². The molecule has 7 rings (SSSR count). The Kier molecular flexibility index (Phi) is 9.77. The van der Waals surface area contributed by atoms with E-state index < -0.39 is 47.7 Å². The third-order valence-corrected chi connectivity index (χ3v) is 10.2. The lowest BCUT2D eigenvalue weighted by Crippen LogP contribution is -2.46. The Morgan fingerprint density at radius 2 is 1.73 bits per heavy atom. The van der Waals surface area contributed by atoms with Gasteiger partial charge in [0, 0.05) is 12.1 Å². The first-order valence-electron chi connectivity index (χ1n) is 16.8. The number of imide groups is 1. The molecule has 0 radical (unpaired) electrons. The quantitative estimate of drug-likeness (QED) is 0.0436. The number of fused-ring (bicyclic) bond motifs is 3. The average molecular weight is 705 g/mol. The largest absolute Gasteiger partial charge is 0.508 e. The molecule has 2 amide bonds. The Morgan fingerprint density at radius 1 is 0.980 bits per heavy atom. The van der Waals surface area contributed by atoms with Gasteiger partial charge < -0.3 is 19.5 Å². The van der Waals surface area contributed by atoms with Gasteiger partial charge in [-0.25, -0.2) is 4.90 Å². The van der Waals surface area contributed by atoms with Gasteiger partial charge in [-0.15, -0.1) is 0 Å². The zero-order chi connectivity index (χ0) is 35.6. The van der Waals surface area contributed by atoms with Crippen molar-refractivity contribution in [1.82, 2.24) is 0 Å². The molecule has 0 bridgehead atoms. The summed E-state index contributed by atoms with van der Waals surface area (Å²) in [5, 5.41) is 33.0. The van der Waals surface area contributed by atoms with Crippen molar-refractivity contribution in [2.75, 3.05) is 11.5 Å². The van der Waals surface area contributed by atoms with Gasteiger partial charge >= 0.3 is 7.12 Å². The lowest BCUT2D eigenvalue weighted by atomic mass is 9.58. The standard InChI is InChI=1S/C39H34BClN2O8/c41-34-21-30(44)16-14-26(34)18-25(24-8-3-1-4-9-24)15-17-35-36-27(23-50-31-12-5-2-6-13-31)19-32-37(33(36)22-40(47)51-35)39(46)42(38(32)45)28-10-7-11-29(20-28)43(48)49/h1-14,16,18,20-21,32-33,35,37,44,47H,15,17,19,22-23H2/b25-18-/t32-,33+,35-,37-/m1/s1. The van der Waals surface area contributed by atoms with E-state index in [9.17, 15) is 29.8 Å². The Labute approximate surface area is 299 Å². The maximum absolute atomic E-state index is 14.2. The van der Waals surface area contributed by atoms with Gasteiger partial charge in [0.05, 0.1) is 33.6 Å². The number of allylic oxidation sites excluding steroid dienone is 1. The second kappa shape index (κ2) is 14.6. The van der Waals surface area contributed by atoms with Crippen LogP contribution in [0.5, 0.6) is 11.5 Å². The van der Waals surface area contributed by atoms with Crippen molar-refractivity contribution in [1.29, 1.82) is 0 Å². The maximum Gasteiger partial charge on any atom is 0.455 e. The molecule has 2 heterocycles. The molecule has 0 unspecified atom stereocenters. The number of phenols is 1. The van der Waals surface area contributed by atoms with Gasteiger partial charge in [-0.05, 0) is 102 Å². The number of nitrogens with zero attached hydrogens (tertiary/aromatic N) is 2. The van der Waals surface area contributed by atoms with Crippen LogP contribution in [0, 0.1) is 27.9 Å². The molecule has 51 heavy (non-hydrogen) atoms. The summed E-state index contributed by atoms with van der Waals surface area (Å²) in [6, 6.07) is 29.4. The van der Waals surface area contributed by atoms with Crippen molar-refractivity contribution in [3.05, 3.63) is 141 Å². The number of carbonyl (C=O) groups excluding carboxylic acids is 2. The number of anilines is 1. The smallest absolute Gasteiger partial charge is 0.455 e. The number of hydrogen-bond donors (Lipinski definition) is 2. The zero-order valence-corrected chi connectivity index (χ0v) is 28.2. The maximum atomic E-state index is 14.2. The summed E-state index contributed by atoms with van der Waals surface area (Å²) in [6.07, 6.45) is 2.64. The molecule has 2 saturated heterocycles. The van der Waals surface area contributed by atoms with Crippen LogP contribution in [-0.4, -0.2) is 46.7 Å². The Hall–Kier alpha value is -5.23. The molecule has 0 aromatic heterocycles. The van der Waals surface area contributed by atoms with E-state index in [1.807, 2.05) is 66.7 Å². The summed E-state index contributed by atoms with van der Waals surface area (Å²) in [5.41, 5.74) is 4.23. The predicted octanol–water partition coefficient (Wildman–Crippen LogP) is 7.36. The molecule has 10 nitrogen and oxygen atoms in total. The molecule has 0 saturated carbocycles.